The summed E-state index contributed by atoms with van der Waals surface area (Å²) in [6.45, 7) is 0.666. The Hall–Kier alpha value is -1.03. The summed E-state index contributed by atoms with van der Waals surface area (Å²) in [5, 5.41) is 9.41. The third kappa shape index (κ3) is 2.31. The molecule has 4 heteroatoms. The van der Waals surface area contributed by atoms with Crippen LogP contribution in [0, 0.1) is 0 Å². The number of hydrogen-bond donors (Lipinski definition) is 1. The Balaban J connectivity index is 2.32. The Labute approximate surface area is 91.5 Å². The SMILES string of the molecule is CS(=O)C[C@@H]1CCOc2ccc(O)cc21. The zero-order chi connectivity index (χ0) is 10.8. The lowest BCUT2D eigenvalue weighted by atomic mass is 9.95. The van der Waals surface area contributed by atoms with Gasteiger partial charge in [0.15, 0.2) is 0 Å². The van der Waals surface area contributed by atoms with E-state index in [4.69, 9.17) is 4.74 Å². The van der Waals surface area contributed by atoms with Gasteiger partial charge < -0.3 is 9.84 Å². The molecule has 0 radical (unpaired) electrons. The third-order valence-electron chi connectivity index (χ3n) is 2.59. The predicted molar refractivity (Wildman–Crippen MR) is 59.9 cm³/mol. The lowest BCUT2D eigenvalue weighted by Crippen LogP contribution is -2.18. The lowest BCUT2D eigenvalue weighted by molar-refractivity contribution is 0.272. The van der Waals surface area contributed by atoms with Crippen LogP contribution in [-0.2, 0) is 10.8 Å². The van der Waals surface area contributed by atoms with Crippen molar-refractivity contribution in [3.63, 3.8) is 0 Å². The fraction of sp³-hybridized carbons (Fsp3) is 0.455. The van der Waals surface area contributed by atoms with Gasteiger partial charge in [-0.1, -0.05) is 0 Å². The average Bonchev–Trinajstić information content (AvgIpc) is 2.18. The minimum absolute atomic E-state index is 0.242. The van der Waals surface area contributed by atoms with E-state index in [1.54, 1.807) is 24.5 Å². The first-order valence-corrected chi connectivity index (χ1v) is 6.65. The smallest absolute Gasteiger partial charge is 0.123 e. The number of phenolic OH excluding ortho intramolecular Hbond substituents is 1. The van der Waals surface area contributed by atoms with Crippen molar-refractivity contribution in [1.82, 2.24) is 0 Å². The summed E-state index contributed by atoms with van der Waals surface area (Å²) in [4.78, 5) is 0. The summed E-state index contributed by atoms with van der Waals surface area (Å²) in [6.07, 6.45) is 2.58. The first-order valence-electron chi connectivity index (χ1n) is 4.92. The predicted octanol–water partition coefficient (Wildman–Crippen LogP) is 1.64. The molecule has 1 heterocycles. The van der Waals surface area contributed by atoms with Gasteiger partial charge in [0, 0.05) is 34.3 Å². The Morgan fingerprint density at radius 2 is 2.40 bits per heavy atom. The molecule has 1 unspecified atom stereocenters. The summed E-state index contributed by atoms with van der Waals surface area (Å²) in [7, 11) is -0.814. The molecular formula is C11H14O3S. The zero-order valence-corrected chi connectivity index (χ0v) is 9.42. The van der Waals surface area contributed by atoms with Crippen LogP contribution in [0.25, 0.3) is 0 Å². The quantitative estimate of drug-likeness (QED) is 0.833. The van der Waals surface area contributed by atoms with Gasteiger partial charge in [-0.15, -0.1) is 0 Å². The molecule has 0 bridgehead atoms. The van der Waals surface area contributed by atoms with E-state index in [0.717, 1.165) is 17.7 Å². The molecule has 2 rings (SSSR count). The van der Waals surface area contributed by atoms with E-state index in [1.807, 2.05) is 0 Å². The molecule has 15 heavy (non-hydrogen) atoms. The number of hydrogen-bond acceptors (Lipinski definition) is 3. The Kier molecular flexibility index (Phi) is 2.95. The molecule has 0 saturated heterocycles. The summed E-state index contributed by atoms with van der Waals surface area (Å²) in [5.41, 5.74) is 0.983. The van der Waals surface area contributed by atoms with Crippen molar-refractivity contribution < 1.29 is 14.1 Å². The number of ether oxygens (including phenoxy) is 1. The van der Waals surface area contributed by atoms with Crippen LogP contribution in [-0.4, -0.2) is 27.9 Å². The number of fused-ring (bicyclic) bond motifs is 1. The maximum Gasteiger partial charge on any atom is 0.123 e. The highest BCUT2D eigenvalue weighted by molar-refractivity contribution is 7.84. The topological polar surface area (TPSA) is 46.5 Å². The maximum absolute atomic E-state index is 11.2. The molecule has 1 aliphatic rings. The van der Waals surface area contributed by atoms with E-state index >= 15 is 0 Å². The summed E-state index contributed by atoms with van der Waals surface area (Å²) in [6, 6.07) is 5.10. The Bertz CT molecular complexity index is 389. The van der Waals surface area contributed by atoms with Gasteiger partial charge in [0.1, 0.15) is 11.5 Å². The fourth-order valence-electron chi connectivity index (χ4n) is 1.91. The lowest BCUT2D eigenvalue weighted by Gasteiger charge is -2.25. The number of rotatable bonds is 2. The van der Waals surface area contributed by atoms with Gasteiger partial charge >= 0.3 is 0 Å². The first kappa shape index (κ1) is 10.5. The van der Waals surface area contributed by atoms with Gasteiger partial charge in [-0.2, -0.15) is 0 Å². The van der Waals surface area contributed by atoms with Gasteiger partial charge in [0.25, 0.3) is 0 Å². The van der Waals surface area contributed by atoms with Gasteiger partial charge in [-0.3, -0.25) is 4.21 Å². The van der Waals surface area contributed by atoms with Crippen LogP contribution in [0.4, 0.5) is 0 Å². The van der Waals surface area contributed by atoms with Crippen LogP contribution in [0.5, 0.6) is 11.5 Å². The molecule has 0 aliphatic carbocycles. The second kappa shape index (κ2) is 4.23. The minimum atomic E-state index is -0.814. The molecule has 1 aromatic carbocycles. The highest BCUT2D eigenvalue weighted by Gasteiger charge is 2.22. The van der Waals surface area contributed by atoms with Crippen molar-refractivity contribution in [1.29, 1.82) is 0 Å². The van der Waals surface area contributed by atoms with Crippen LogP contribution in [0.15, 0.2) is 18.2 Å². The van der Waals surface area contributed by atoms with Gasteiger partial charge in [0.05, 0.1) is 6.61 Å². The molecule has 2 atom stereocenters. The van der Waals surface area contributed by atoms with E-state index in [9.17, 15) is 9.32 Å². The molecule has 0 spiro atoms. The Morgan fingerprint density at radius 1 is 1.60 bits per heavy atom. The Morgan fingerprint density at radius 3 is 3.13 bits per heavy atom. The molecule has 3 nitrogen and oxygen atoms in total. The standard InChI is InChI=1S/C11H14O3S/c1-15(13)7-8-4-5-14-11-3-2-9(12)6-10(8)11/h2-3,6,8,12H,4-5,7H2,1H3/t8-,15?/m0/s1. The van der Waals surface area contributed by atoms with Crippen molar-refractivity contribution in [3.8, 4) is 11.5 Å². The van der Waals surface area contributed by atoms with Crippen molar-refractivity contribution in [3.05, 3.63) is 23.8 Å². The summed E-state index contributed by atoms with van der Waals surface area (Å²) in [5.74, 6) is 1.94. The van der Waals surface area contributed by atoms with Crippen LogP contribution in [0.1, 0.15) is 17.9 Å². The largest absolute Gasteiger partial charge is 0.508 e. The highest BCUT2D eigenvalue weighted by Crippen LogP contribution is 2.36. The van der Waals surface area contributed by atoms with E-state index in [2.05, 4.69) is 0 Å². The highest BCUT2D eigenvalue weighted by atomic mass is 32.2. The first-order chi connectivity index (χ1) is 7.16. The molecule has 0 fully saturated rings. The van der Waals surface area contributed by atoms with E-state index in [0.29, 0.717) is 12.4 Å². The molecule has 82 valence electrons. The normalized spacial score (nSPS) is 21.5. The van der Waals surface area contributed by atoms with E-state index < -0.39 is 10.8 Å². The third-order valence-corrected chi connectivity index (χ3v) is 3.46. The second-order valence-corrected chi connectivity index (χ2v) is 5.28. The molecular weight excluding hydrogens is 212 g/mol. The number of benzene rings is 1. The molecule has 1 N–H and O–H groups in total. The monoisotopic (exact) mass is 226 g/mol. The van der Waals surface area contributed by atoms with Gasteiger partial charge in [-0.05, 0) is 24.6 Å². The van der Waals surface area contributed by atoms with E-state index in [1.165, 1.54) is 0 Å². The second-order valence-electron chi connectivity index (χ2n) is 3.80. The summed E-state index contributed by atoms with van der Waals surface area (Å²) >= 11 is 0. The molecule has 1 aliphatic heterocycles. The van der Waals surface area contributed by atoms with Gasteiger partial charge in [0.2, 0.25) is 0 Å². The molecule has 0 saturated carbocycles. The van der Waals surface area contributed by atoms with Crippen molar-refractivity contribution in [2.75, 3.05) is 18.6 Å². The molecule has 0 aromatic heterocycles. The van der Waals surface area contributed by atoms with E-state index in [-0.39, 0.29) is 11.7 Å². The average molecular weight is 226 g/mol. The van der Waals surface area contributed by atoms with Gasteiger partial charge in [-0.25, -0.2) is 0 Å². The van der Waals surface area contributed by atoms with Crippen LogP contribution in [0.2, 0.25) is 0 Å². The minimum Gasteiger partial charge on any atom is -0.508 e. The van der Waals surface area contributed by atoms with Crippen molar-refractivity contribution in [2.24, 2.45) is 0 Å². The molecule has 0 amide bonds. The fourth-order valence-corrected chi connectivity index (χ4v) is 2.82. The van der Waals surface area contributed by atoms with Crippen LogP contribution < -0.4 is 4.74 Å². The van der Waals surface area contributed by atoms with Crippen LogP contribution >= 0.6 is 0 Å². The van der Waals surface area contributed by atoms with Crippen molar-refractivity contribution in [2.45, 2.75) is 12.3 Å². The van der Waals surface area contributed by atoms with Crippen molar-refractivity contribution >= 4 is 10.8 Å². The molecule has 1 aromatic rings. The summed E-state index contributed by atoms with van der Waals surface area (Å²) < 4.78 is 16.7. The zero-order valence-electron chi connectivity index (χ0n) is 8.60. The maximum atomic E-state index is 11.2. The number of aromatic hydroxyl groups is 1. The van der Waals surface area contributed by atoms with Crippen LogP contribution in [0.3, 0.4) is 0 Å². The number of phenols is 1.